The highest BCUT2D eigenvalue weighted by Gasteiger charge is 2.01. The van der Waals surface area contributed by atoms with Gasteiger partial charge in [0.05, 0.1) is 5.69 Å². The highest BCUT2D eigenvalue weighted by Crippen LogP contribution is 2.20. The van der Waals surface area contributed by atoms with Gasteiger partial charge in [0.2, 0.25) is 0 Å². The number of aryl methyl sites for hydroxylation is 1. The van der Waals surface area contributed by atoms with Gasteiger partial charge in [-0.05, 0) is 18.1 Å². The molecule has 0 heterocycles. The summed E-state index contributed by atoms with van der Waals surface area (Å²) in [6.07, 6.45) is 2.64. The third-order valence-electron chi connectivity index (χ3n) is 2.20. The molecule has 3 heteroatoms. The van der Waals surface area contributed by atoms with E-state index in [0.717, 1.165) is 17.7 Å². The quantitative estimate of drug-likeness (QED) is 0.755. The molecule has 0 aromatic heterocycles. The first-order valence-corrected chi connectivity index (χ1v) is 6.96. The van der Waals surface area contributed by atoms with Gasteiger partial charge in [-0.2, -0.15) is 4.36 Å². The monoisotopic (exact) mass is 211 g/mol. The summed E-state index contributed by atoms with van der Waals surface area (Å²) < 4.78 is 16.1. The smallest absolute Gasteiger partial charge is 0.0761 e. The summed E-state index contributed by atoms with van der Waals surface area (Å²) >= 11 is 0. The van der Waals surface area contributed by atoms with Crippen LogP contribution in [0.15, 0.2) is 28.6 Å². The van der Waals surface area contributed by atoms with Gasteiger partial charge < -0.3 is 0 Å². The molecule has 1 rings (SSSR count). The van der Waals surface area contributed by atoms with E-state index in [-0.39, 0.29) is 0 Å². The lowest BCUT2D eigenvalue weighted by Gasteiger charge is -2.04. The fourth-order valence-electron chi connectivity index (χ4n) is 1.17. The Labute approximate surface area is 86.5 Å². The molecule has 0 aliphatic heterocycles. The normalized spacial score (nSPS) is 14.8. The Morgan fingerprint density at radius 2 is 1.93 bits per heavy atom. The minimum absolute atomic E-state index is 0.602. The zero-order chi connectivity index (χ0) is 10.6. The molecule has 0 aliphatic carbocycles. The summed E-state index contributed by atoms with van der Waals surface area (Å²) in [6.45, 7) is 3.98. The third-order valence-corrected chi connectivity index (χ3v) is 3.85. The van der Waals surface area contributed by atoms with Crippen molar-refractivity contribution in [2.24, 2.45) is 4.36 Å². The van der Waals surface area contributed by atoms with Gasteiger partial charge in [-0.3, -0.25) is 0 Å². The minimum Gasteiger partial charge on any atom is -0.250 e. The fourth-order valence-corrected chi connectivity index (χ4v) is 1.89. The van der Waals surface area contributed by atoms with Crippen LogP contribution in [0.4, 0.5) is 5.69 Å². The molecule has 0 aliphatic rings. The topological polar surface area (TPSA) is 29.4 Å². The van der Waals surface area contributed by atoms with Gasteiger partial charge in [-0.15, -0.1) is 0 Å². The predicted molar refractivity (Wildman–Crippen MR) is 62.5 cm³/mol. The molecule has 14 heavy (non-hydrogen) atoms. The van der Waals surface area contributed by atoms with Gasteiger partial charge >= 0.3 is 0 Å². The lowest BCUT2D eigenvalue weighted by Crippen LogP contribution is -1.98. The molecule has 0 amide bonds. The molecule has 0 spiro atoms. The van der Waals surface area contributed by atoms with E-state index in [1.807, 2.05) is 31.2 Å². The molecule has 0 bridgehead atoms. The van der Waals surface area contributed by atoms with Gasteiger partial charge in [-0.1, -0.05) is 32.0 Å². The van der Waals surface area contributed by atoms with E-state index in [1.54, 1.807) is 6.26 Å². The number of hydrogen-bond acceptors (Lipinski definition) is 2. The van der Waals surface area contributed by atoms with Crippen molar-refractivity contribution < 1.29 is 4.21 Å². The van der Waals surface area contributed by atoms with Gasteiger partial charge in [0.15, 0.2) is 0 Å². The van der Waals surface area contributed by atoms with Crippen LogP contribution in [0.1, 0.15) is 19.4 Å². The molecule has 1 aromatic carbocycles. The average molecular weight is 211 g/mol. The first kappa shape index (κ1) is 11.2. The van der Waals surface area contributed by atoms with Crippen molar-refractivity contribution in [1.82, 2.24) is 0 Å². The standard InChI is InChI=1S/C11H17NOS/c1-4-10-8-6-7-9-11(10)12-14(3,13)5-2/h6-9H,4-5H2,1-3H3. The maximum absolute atomic E-state index is 11.8. The maximum atomic E-state index is 11.8. The van der Waals surface area contributed by atoms with Crippen LogP contribution in [0.5, 0.6) is 0 Å². The molecule has 1 unspecified atom stereocenters. The lowest BCUT2D eigenvalue weighted by atomic mass is 10.1. The van der Waals surface area contributed by atoms with Crippen molar-refractivity contribution in [3.63, 3.8) is 0 Å². The largest absolute Gasteiger partial charge is 0.250 e. The molecule has 1 aromatic rings. The van der Waals surface area contributed by atoms with E-state index >= 15 is 0 Å². The number of rotatable bonds is 3. The van der Waals surface area contributed by atoms with E-state index in [9.17, 15) is 4.21 Å². The third kappa shape index (κ3) is 2.84. The molecule has 78 valence electrons. The predicted octanol–water partition coefficient (Wildman–Crippen LogP) is 3.00. The molecule has 2 nitrogen and oxygen atoms in total. The van der Waals surface area contributed by atoms with Crippen molar-refractivity contribution in [2.45, 2.75) is 20.3 Å². The fraction of sp³-hybridized carbons (Fsp3) is 0.455. The van der Waals surface area contributed by atoms with E-state index in [4.69, 9.17) is 0 Å². The number of benzene rings is 1. The molecule has 0 N–H and O–H groups in total. The Balaban J connectivity index is 3.21. The van der Waals surface area contributed by atoms with Crippen LogP contribution in [0.2, 0.25) is 0 Å². The first-order valence-electron chi connectivity index (χ1n) is 4.86. The van der Waals surface area contributed by atoms with Gasteiger partial charge in [0.25, 0.3) is 0 Å². The Bertz CT molecular complexity index is 417. The van der Waals surface area contributed by atoms with Crippen LogP contribution in [0.3, 0.4) is 0 Å². The van der Waals surface area contributed by atoms with E-state index in [2.05, 4.69) is 11.3 Å². The minimum atomic E-state index is -2.03. The summed E-state index contributed by atoms with van der Waals surface area (Å²) in [5, 5.41) is 0. The van der Waals surface area contributed by atoms with Gasteiger partial charge in [0, 0.05) is 21.7 Å². The average Bonchev–Trinajstić information content (AvgIpc) is 2.18. The van der Waals surface area contributed by atoms with Crippen LogP contribution in [0.25, 0.3) is 0 Å². The molecule has 0 fully saturated rings. The van der Waals surface area contributed by atoms with Crippen molar-refractivity contribution >= 4 is 15.4 Å². The van der Waals surface area contributed by atoms with Crippen LogP contribution in [-0.4, -0.2) is 16.2 Å². The van der Waals surface area contributed by atoms with Gasteiger partial charge in [0.1, 0.15) is 0 Å². The molecular weight excluding hydrogens is 194 g/mol. The van der Waals surface area contributed by atoms with Crippen molar-refractivity contribution in [1.29, 1.82) is 0 Å². The maximum Gasteiger partial charge on any atom is 0.0761 e. The summed E-state index contributed by atoms with van der Waals surface area (Å²) in [5.74, 6) is 0.602. The van der Waals surface area contributed by atoms with Crippen LogP contribution >= 0.6 is 0 Å². The SMILES string of the molecule is CCc1ccccc1N=S(C)(=O)CC. The molecule has 0 saturated heterocycles. The van der Waals surface area contributed by atoms with Crippen molar-refractivity contribution in [3.05, 3.63) is 29.8 Å². The number of nitrogens with zero attached hydrogens (tertiary/aromatic N) is 1. The van der Waals surface area contributed by atoms with Gasteiger partial charge in [-0.25, -0.2) is 4.21 Å². The Morgan fingerprint density at radius 1 is 1.29 bits per heavy atom. The number of hydrogen-bond donors (Lipinski definition) is 0. The van der Waals surface area contributed by atoms with Crippen molar-refractivity contribution in [3.8, 4) is 0 Å². The highest BCUT2D eigenvalue weighted by molar-refractivity contribution is 7.93. The molecule has 0 saturated carbocycles. The summed E-state index contributed by atoms with van der Waals surface area (Å²) in [5.41, 5.74) is 2.04. The Hall–Kier alpha value is -0.830. The zero-order valence-electron chi connectivity index (χ0n) is 8.99. The second-order valence-corrected chi connectivity index (χ2v) is 6.00. The summed E-state index contributed by atoms with van der Waals surface area (Å²) in [7, 11) is -2.03. The summed E-state index contributed by atoms with van der Waals surface area (Å²) in [4.78, 5) is 0. The van der Waals surface area contributed by atoms with Crippen molar-refractivity contribution in [2.75, 3.05) is 12.0 Å². The first-order chi connectivity index (χ1) is 6.59. The van der Waals surface area contributed by atoms with E-state index < -0.39 is 9.73 Å². The zero-order valence-corrected chi connectivity index (χ0v) is 9.80. The van der Waals surface area contributed by atoms with Crippen LogP contribution < -0.4 is 0 Å². The Morgan fingerprint density at radius 3 is 2.50 bits per heavy atom. The second kappa shape index (κ2) is 4.60. The van der Waals surface area contributed by atoms with Crippen LogP contribution in [-0.2, 0) is 16.1 Å². The Kier molecular flexibility index (Phi) is 3.69. The highest BCUT2D eigenvalue weighted by atomic mass is 32.2. The molecule has 0 radical (unpaired) electrons. The van der Waals surface area contributed by atoms with Crippen LogP contribution in [0, 0.1) is 0 Å². The summed E-state index contributed by atoms with van der Waals surface area (Å²) in [6, 6.07) is 7.88. The van der Waals surface area contributed by atoms with E-state index in [0.29, 0.717) is 5.75 Å². The van der Waals surface area contributed by atoms with E-state index in [1.165, 1.54) is 0 Å². The second-order valence-electron chi connectivity index (χ2n) is 3.32. The molecule has 1 atom stereocenters. The lowest BCUT2D eigenvalue weighted by molar-refractivity contribution is 0.681. The molecular formula is C11H17NOS.